The average molecular weight is 167 g/mol. The standard InChI is InChI=1S/C8H7O2P/c1-2-7-3-5-8(6-4-7)11(9)10/h2-6H,1H2/p+1. The zero-order valence-corrected chi connectivity index (χ0v) is 6.79. The Morgan fingerprint density at radius 3 is 2.27 bits per heavy atom. The summed E-state index contributed by atoms with van der Waals surface area (Å²) in [5.41, 5.74) is 0.950. The van der Waals surface area contributed by atoms with E-state index in [1.54, 1.807) is 30.3 Å². The minimum absolute atomic E-state index is 0.450. The molecule has 0 bridgehead atoms. The molecule has 0 amide bonds. The molecule has 1 N–H and O–H groups in total. The Morgan fingerprint density at radius 2 is 1.91 bits per heavy atom. The van der Waals surface area contributed by atoms with Crippen molar-refractivity contribution in [3.8, 4) is 0 Å². The van der Waals surface area contributed by atoms with Gasteiger partial charge in [0.05, 0.1) is 0 Å². The van der Waals surface area contributed by atoms with Gasteiger partial charge in [-0.15, -0.1) is 0 Å². The summed E-state index contributed by atoms with van der Waals surface area (Å²) < 4.78 is 10.5. The van der Waals surface area contributed by atoms with Crippen molar-refractivity contribution in [3.05, 3.63) is 36.4 Å². The molecule has 3 heteroatoms. The molecular formula is C8H8O2P+. The van der Waals surface area contributed by atoms with Crippen LogP contribution in [0.25, 0.3) is 6.08 Å². The van der Waals surface area contributed by atoms with Crippen LogP contribution in [0.5, 0.6) is 0 Å². The number of rotatable bonds is 2. The molecule has 0 radical (unpaired) electrons. The maximum absolute atomic E-state index is 10.5. The van der Waals surface area contributed by atoms with Gasteiger partial charge in [-0.05, 0) is 22.3 Å². The summed E-state index contributed by atoms with van der Waals surface area (Å²) in [7, 11) is -2.20. The topological polar surface area (TPSA) is 37.3 Å². The van der Waals surface area contributed by atoms with Gasteiger partial charge in [0, 0.05) is 0 Å². The second-order valence-electron chi connectivity index (χ2n) is 2.07. The summed E-state index contributed by atoms with van der Waals surface area (Å²) in [6, 6.07) is 6.75. The van der Waals surface area contributed by atoms with Crippen molar-refractivity contribution in [2.75, 3.05) is 0 Å². The van der Waals surface area contributed by atoms with Crippen LogP contribution in [0.4, 0.5) is 0 Å². The van der Waals surface area contributed by atoms with E-state index < -0.39 is 8.03 Å². The van der Waals surface area contributed by atoms with Crippen LogP contribution < -0.4 is 5.30 Å². The molecule has 0 aliphatic carbocycles. The van der Waals surface area contributed by atoms with E-state index in [9.17, 15) is 4.57 Å². The van der Waals surface area contributed by atoms with Crippen molar-refractivity contribution in [3.63, 3.8) is 0 Å². The largest absolute Gasteiger partial charge is 0.546 e. The molecule has 0 aromatic heterocycles. The van der Waals surface area contributed by atoms with E-state index in [0.717, 1.165) is 5.56 Å². The molecule has 1 aromatic rings. The quantitative estimate of drug-likeness (QED) is 0.680. The van der Waals surface area contributed by atoms with Crippen LogP contribution in [0, 0.1) is 0 Å². The van der Waals surface area contributed by atoms with Gasteiger partial charge < -0.3 is 0 Å². The summed E-state index contributed by atoms with van der Waals surface area (Å²) in [5, 5.41) is 0.450. The Bertz CT molecular complexity index is 277. The van der Waals surface area contributed by atoms with E-state index in [1.165, 1.54) is 0 Å². The van der Waals surface area contributed by atoms with Crippen molar-refractivity contribution in [1.82, 2.24) is 0 Å². The lowest BCUT2D eigenvalue weighted by Gasteiger charge is -1.87. The molecule has 11 heavy (non-hydrogen) atoms. The Hall–Kier alpha value is -0.980. The van der Waals surface area contributed by atoms with E-state index >= 15 is 0 Å². The summed E-state index contributed by atoms with van der Waals surface area (Å²) in [4.78, 5) is 8.67. The molecule has 1 aromatic carbocycles. The van der Waals surface area contributed by atoms with E-state index in [0.29, 0.717) is 5.30 Å². The molecule has 1 rings (SSSR count). The van der Waals surface area contributed by atoms with Crippen molar-refractivity contribution in [1.29, 1.82) is 0 Å². The minimum Gasteiger partial charge on any atom is -0.156 e. The monoisotopic (exact) mass is 167 g/mol. The maximum atomic E-state index is 10.5. The first kappa shape index (κ1) is 8.12. The lowest BCUT2D eigenvalue weighted by molar-refractivity contribution is 0.513. The minimum atomic E-state index is -2.20. The Balaban J connectivity index is 3.00. The summed E-state index contributed by atoms with van der Waals surface area (Å²) >= 11 is 0. The fourth-order valence-corrected chi connectivity index (χ4v) is 1.14. The summed E-state index contributed by atoms with van der Waals surface area (Å²) in [6.07, 6.45) is 1.69. The van der Waals surface area contributed by atoms with Gasteiger partial charge in [-0.3, -0.25) is 0 Å². The normalized spacial score (nSPS) is 10.8. The van der Waals surface area contributed by atoms with Crippen LogP contribution in [-0.4, -0.2) is 4.89 Å². The first-order valence-electron chi connectivity index (χ1n) is 3.12. The SMILES string of the molecule is C=Cc1ccc([P+](=O)O)cc1. The molecule has 1 atom stereocenters. The molecular weight excluding hydrogens is 159 g/mol. The third kappa shape index (κ3) is 1.97. The Kier molecular flexibility index (Phi) is 2.53. The van der Waals surface area contributed by atoms with E-state index in [2.05, 4.69) is 6.58 Å². The molecule has 0 saturated carbocycles. The smallest absolute Gasteiger partial charge is 0.156 e. The highest BCUT2D eigenvalue weighted by Gasteiger charge is 2.13. The highest BCUT2D eigenvalue weighted by atomic mass is 31.1. The number of hydrogen-bond acceptors (Lipinski definition) is 1. The molecule has 56 valence electrons. The van der Waals surface area contributed by atoms with Crippen molar-refractivity contribution < 1.29 is 9.46 Å². The Labute approximate surface area is 66.1 Å². The molecule has 0 spiro atoms. The van der Waals surface area contributed by atoms with Crippen molar-refractivity contribution in [2.24, 2.45) is 0 Å². The van der Waals surface area contributed by atoms with Crippen molar-refractivity contribution >= 4 is 19.4 Å². The van der Waals surface area contributed by atoms with Crippen LogP contribution in [0.2, 0.25) is 0 Å². The molecule has 1 unspecified atom stereocenters. The number of hydrogen-bond donors (Lipinski definition) is 1. The fraction of sp³-hybridized carbons (Fsp3) is 0. The van der Waals surface area contributed by atoms with Crippen LogP contribution in [0.15, 0.2) is 30.8 Å². The first-order valence-corrected chi connectivity index (χ1v) is 4.34. The third-order valence-corrected chi connectivity index (χ3v) is 2.09. The average Bonchev–Trinajstić information content (AvgIpc) is 2.05. The predicted octanol–water partition coefficient (Wildman–Crippen LogP) is 1.69. The highest BCUT2D eigenvalue weighted by Crippen LogP contribution is 2.12. The molecule has 2 nitrogen and oxygen atoms in total. The van der Waals surface area contributed by atoms with Gasteiger partial charge in [0.15, 0.2) is 0 Å². The Morgan fingerprint density at radius 1 is 1.36 bits per heavy atom. The van der Waals surface area contributed by atoms with E-state index in [1.807, 2.05) is 0 Å². The van der Waals surface area contributed by atoms with Gasteiger partial charge in [-0.2, -0.15) is 4.89 Å². The molecule has 0 fully saturated rings. The zero-order chi connectivity index (χ0) is 8.27. The van der Waals surface area contributed by atoms with Gasteiger partial charge in [0.2, 0.25) is 5.30 Å². The third-order valence-electron chi connectivity index (χ3n) is 1.35. The predicted molar refractivity (Wildman–Crippen MR) is 46.0 cm³/mol. The molecule has 0 aliphatic heterocycles. The fourth-order valence-electron chi connectivity index (χ4n) is 0.738. The van der Waals surface area contributed by atoms with Crippen LogP contribution in [-0.2, 0) is 4.57 Å². The van der Waals surface area contributed by atoms with Crippen LogP contribution >= 0.6 is 8.03 Å². The molecule has 0 saturated heterocycles. The molecule has 0 aliphatic rings. The molecule has 0 heterocycles. The van der Waals surface area contributed by atoms with Gasteiger partial charge in [0.25, 0.3) is 0 Å². The second-order valence-corrected chi connectivity index (χ2v) is 3.13. The number of benzene rings is 1. The lowest BCUT2D eigenvalue weighted by Crippen LogP contribution is -1.93. The van der Waals surface area contributed by atoms with Crippen LogP contribution in [0.1, 0.15) is 5.56 Å². The second kappa shape index (κ2) is 3.42. The highest BCUT2D eigenvalue weighted by molar-refractivity contribution is 7.47. The van der Waals surface area contributed by atoms with Gasteiger partial charge in [-0.1, -0.05) is 24.8 Å². The van der Waals surface area contributed by atoms with E-state index in [-0.39, 0.29) is 0 Å². The summed E-state index contributed by atoms with van der Waals surface area (Å²) in [5.74, 6) is 0. The lowest BCUT2D eigenvalue weighted by atomic mass is 10.2. The van der Waals surface area contributed by atoms with Crippen LogP contribution in [0.3, 0.4) is 0 Å². The first-order chi connectivity index (χ1) is 5.24. The van der Waals surface area contributed by atoms with Gasteiger partial charge in [0.1, 0.15) is 0 Å². The summed E-state index contributed by atoms with van der Waals surface area (Å²) in [6.45, 7) is 3.57. The maximum Gasteiger partial charge on any atom is 0.546 e. The van der Waals surface area contributed by atoms with E-state index in [4.69, 9.17) is 4.89 Å². The van der Waals surface area contributed by atoms with Gasteiger partial charge in [-0.25, -0.2) is 0 Å². The zero-order valence-electron chi connectivity index (χ0n) is 5.90. The van der Waals surface area contributed by atoms with Crippen molar-refractivity contribution in [2.45, 2.75) is 0 Å². The van der Waals surface area contributed by atoms with Gasteiger partial charge >= 0.3 is 8.03 Å².